The normalized spacial score (nSPS) is 9.58. The molecule has 0 aliphatic rings. The van der Waals surface area contributed by atoms with E-state index in [0.717, 1.165) is 5.56 Å². The molecule has 1 rings (SSSR count). The predicted molar refractivity (Wildman–Crippen MR) is 45.5 cm³/mol. The van der Waals surface area contributed by atoms with Gasteiger partial charge in [0.15, 0.2) is 11.5 Å². The second-order valence-corrected chi connectivity index (χ2v) is 2.35. The van der Waals surface area contributed by atoms with Crippen LogP contribution in [0.25, 0.3) is 0 Å². The summed E-state index contributed by atoms with van der Waals surface area (Å²) in [6.07, 6.45) is 0. The van der Waals surface area contributed by atoms with Crippen LogP contribution in [0, 0.1) is 0 Å². The molecule has 0 aliphatic heterocycles. The minimum absolute atomic E-state index is 0.0142. The van der Waals surface area contributed by atoms with Gasteiger partial charge in [-0.25, -0.2) is 0 Å². The average molecular weight is 169 g/mol. The second kappa shape index (κ2) is 3.97. The van der Waals surface area contributed by atoms with Crippen molar-refractivity contribution in [2.24, 2.45) is 0 Å². The van der Waals surface area contributed by atoms with Crippen molar-refractivity contribution in [1.29, 1.82) is 0 Å². The highest BCUT2D eigenvalue weighted by atomic mass is 16.5. The highest BCUT2D eigenvalue weighted by Gasteiger charge is 2.02. The molecule has 66 valence electrons. The van der Waals surface area contributed by atoms with Crippen LogP contribution in [0.5, 0.6) is 11.5 Å². The van der Waals surface area contributed by atoms with Crippen molar-refractivity contribution in [3.8, 4) is 11.5 Å². The zero-order chi connectivity index (χ0) is 8.97. The van der Waals surface area contributed by atoms with Crippen molar-refractivity contribution >= 4 is 0 Å². The van der Waals surface area contributed by atoms with E-state index in [4.69, 9.17) is 14.6 Å². The van der Waals surface area contributed by atoms with Crippen LogP contribution in [0.1, 0.15) is 5.56 Å². The van der Waals surface area contributed by atoms with E-state index < -0.39 is 0 Å². The van der Waals surface area contributed by atoms with E-state index in [1.807, 2.05) is 0 Å². The lowest BCUT2D eigenvalue weighted by Crippen LogP contribution is -1.92. The zero-order valence-electron chi connectivity index (χ0n) is 7.20. The Bertz CT molecular complexity index is 258. The molecule has 0 heterocycles. The Balaban J connectivity index is 3.02. The van der Waals surface area contributed by atoms with Gasteiger partial charge >= 0.3 is 0 Å². The maximum absolute atomic E-state index is 8.82. The molecule has 0 fully saturated rings. The Morgan fingerprint density at radius 3 is 2.33 bits per heavy atom. The van der Waals surface area contributed by atoms with E-state index in [0.29, 0.717) is 11.5 Å². The Kier molecular flexibility index (Phi) is 2.94. The summed E-state index contributed by atoms with van der Waals surface area (Å²) in [5.74, 6) is 1.32. The van der Waals surface area contributed by atoms with Crippen LogP contribution in [0.4, 0.5) is 0 Å². The minimum Gasteiger partial charge on any atom is -0.493 e. The lowest BCUT2D eigenvalue weighted by Gasteiger charge is -2.07. The highest BCUT2D eigenvalue weighted by Crippen LogP contribution is 2.27. The maximum atomic E-state index is 8.82. The van der Waals surface area contributed by atoms with Crippen LogP contribution in [-0.2, 0) is 6.61 Å². The summed E-state index contributed by atoms with van der Waals surface area (Å²) in [6, 6.07) is 5.31. The molecule has 0 saturated carbocycles. The second-order valence-electron chi connectivity index (χ2n) is 2.35. The average Bonchev–Trinajstić information content (AvgIpc) is 2.16. The standard InChI is InChI=1S/C9H12O3/c1-11-8-4-3-7(6-10)5-9(8)12-2/h3-5,10H,6H2,1-2H3/i6+1. The van der Waals surface area contributed by atoms with Gasteiger partial charge in [-0.3, -0.25) is 0 Å². The number of methoxy groups -OCH3 is 2. The topological polar surface area (TPSA) is 38.7 Å². The zero-order valence-corrected chi connectivity index (χ0v) is 7.20. The van der Waals surface area contributed by atoms with Crippen molar-refractivity contribution in [2.75, 3.05) is 14.2 Å². The largest absolute Gasteiger partial charge is 0.493 e. The Labute approximate surface area is 71.5 Å². The number of hydrogen-bond acceptors (Lipinski definition) is 3. The van der Waals surface area contributed by atoms with Gasteiger partial charge in [-0.2, -0.15) is 0 Å². The van der Waals surface area contributed by atoms with Gasteiger partial charge in [0.25, 0.3) is 0 Å². The summed E-state index contributed by atoms with van der Waals surface area (Å²) < 4.78 is 10.1. The SMILES string of the molecule is COc1ccc([13CH2]O)cc1OC. The molecule has 3 nitrogen and oxygen atoms in total. The van der Waals surface area contributed by atoms with E-state index in [-0.39, 0.29) is 6.61 Å². The summed E-state index contributed by atoms with van der Waals surface area (Å²) in [7, 11) is 3.15. The first-order chi connectivity index (χ1) is 5.81. The summed E-state index contributed by atoms with van der Waals surface area (Å²) in [4.78, 5) is 0. The van der Waals surface area contributed by atoms with E-state index in [2.05, 4.69) is 0 Å². The molecule has 0 atom stereocenters. The molecule has 0 aliphatic carbocycles. The highest BCUT2D eigenvalue weighted by molar-refractivity contribution is 5.42. The van der Waals surface area contributed by atoms with E-state index in [1.165, 1.54) is 0 Å². The molecule has 0 aromatic heterocycles. The molecule has 0 spiro atoms. The molecule has 0 saturated heterocycles. The molecule has 0 radical (unpaired) electrons. The molecule has 1 aromatic carbocycles. The quantitative estimate of drug-likeness (QED) is 0.691. The third-order valence-corrected chi connectivity index (χ3v) is 1.63. The summed E-state index contributed by atoms with van der Waals surface area (Å²) in [5, 5.41) is 8.82. The lowest BCUT2D eigenvalue weighted by atomic mass is 10.2. The van der Waals surface area contributed by atoms with Crippen LogP contribution in [0.3, 0.4) is 0 Å². The van der Waals surface area contributed by atoms with Crippen LogP contribution in [-0.4, -0.2) is 19.3 Å². The fraction of sp³-hybridized carbons (Fsp3) is 0.333. The van der Waals surface area contributed by atoms with Crippen molar-refractivity contribution in [2.45, 2.75) is 6.61 Å². The number of aliphatic hydroxyl groups is 1. The Morgan fingerprint density at radius 1 is 1.17 bits per heavy atom. The van der Waals surface area contributed by atoms with Gasteiger partial charge < -0.3 is 14.6 Å². The van der Waals surface area contributed by atoms with Gasteiger partial charge in [0.2, 0.25) is 0 Å². The summed E-state index contributed by atoms with van der Waals surface area (Å²) in [6.45, 7) is 0.0142. The first kappa shape index (κ1) is 8.87. The molecule has 1 aromatic rings. The molecule has 1 N–H and O–H groups in total. The van der Waals surface area contributed by atoms with Crippen LogP contribution in [0.2, 0.25) is 0 Å². The molecule has 3 heteroatoms. The number of aliphatic hydroxyl groups excluding tert-OH is 1. The molecule has 0 bridgehead atoms. The number of rotatable bonds is 3. The van der Waals surface area contributed by atoms with Crippen molar-refractivity contribution in [1.82, 2.24) is 0 Å². The van der Waals surface area contributed by atoms with Gasteiger partial charge in [0.1, 0.15) is 0 Å². The number of ether oxygens (including phenoxy) is 2. The lowest BCUT2D eigenvalue weighted by molar-refractivity contribution is 0.280. The van der Waals surface area contributed by atoms with Crippen molar-refractivity contribution < 1.29 is 14.6 Å². The maximum Gasteiger partial charge on any atom is 0.161 e. The Hall–Kier alpha value is -1.22. The third-order valence-electron chi connectivity index (χ3n) is 1.63. The molecule has 0 unspecified atom stereocenters. The third kappa shape index (κ3) is 1.68. The van der Waals surface area contributed by atoms with Gasteiger partial charge in [-0.1, -0.05) is 6.07 Å². The fourth-order valence-electron chi connectivity index (χ4n) is 0.979. The van der Waals surface area contributed by atoms with E-state index >= 15 is 0 Å². The van der Waals surface area contributed by atoms with Gasteiger partial charge in [-0.05, 0) is 17.7 Å². The van der Waals surface area contributed by atoms with Crippen molar-refractivity contribution in [3.05, 3.63) is 23.8 Å². The van der Waals surface area contributed by atoms with E-state index in [9.17, 15) is 0 Å². The van der Waals surface area contributed by atoms with Crippen LogP contribution < -0.4 is 9.47 Å². The molecule has 12 heavy (non-hydrogen) atoms. The smallest absolute Gasteiger partial charge is 0.161 e. The van der Waals surface area contributed by atoms with Crippen LogP contribution in [0.15, 0.2) is 18.2 Å². The monoisotopic (exact) mass is 169 g/mol. The molecular formula is C9H12O3. The predicted octanol–water partition coefficient (Wildman–Crippen LogP) is 1.20. The number of benzene rings is 1. The number of hydrogen-bond donors (Lipinski definition) is 1. The van der Waals surface area contributed by atoms with E-state index in [1.54, 1.807) is 32.4 Å². The summed E-state index contributed by atoms with van der Waals surface area (Å²) >= 11 is 0. The van der Waals surface area contributed by atoms with Gasteiger partial charge in [0, 0.05) is 0 Å². The molecular weight excluding hydrogens is 157 g/mol. The first-order valence-electron chi connectivity index (χ1n) is 3.63. The van der Waals surface area contributed by atoms with Crippen molar-refractivity contribution in [3.63, 3.8) is 0 Å². The van der Waals surface area contributed by atoms with Gasteiger partial charge in [0.05, 0.1) is 20.8 Å². The summed E-state index contributed by atoms with van der Waals surface area (Å²) in [5.41, 5.74) is 0.813. The minimum atomic E-state index is 0.0142. The van der Waals surface area contributed by atoms with Crippen LogP contribution >= 0.6 is 0 Å². The Morgan fingerprint density at radius 2 is 1.83 bits per heavy atom. The first-order valence-corrected chi connectivity index (χ1v) is 3.63. The molecule has 0 amide bonds. The fourth-order valence-corrected chi connectivity index (χ4v) is 0.979. The van der Waals surface area contributed by atoms with Gasteiger partial charge in [-0.15, -0.1) is 0 Å².